The van der Waals surface area contributed by atoms with Crippen LogP contribution in [0.15, 0.2) is 0 Å². The predicted octanol–water partition coefficient (Wildman–Crippen LogP) is 2.42. The van der Waals surface area contributed by atoms with Crippen molar-refractivity contribution in [1.82, 2.24) is 4.90 Å². The van der Waals surface area contributed by atoms with Crippen LogP contribution in [0.4, 0.5) is 13.2 Å². The molecular formula is C14H22F3NO3. The van der Waals surface area contributed by atoms with Crippen LogP contribution in [-0.2, 0) is 14.3 Å². The molecule has 1 aliphatic rings. The topological polar surface area (TPSA) is 46.6 Å². The Kier molecular flexibility index (Phi) is 5.78. The SMILES string of the molecule is CCOC(=O)C(C)(C)C(=O)CN1CCCC(C(F)(F)F)C1. The highest BCUT2D eigenvalue weighted by Gasteiger charge is 2.43. The average molecular weight is 309 g/mol. The molecule has 1 fully saturated rings. The van der Waals surface area contributed by atoms with Crippen molar-refractivity contribution in [2.24, 2.45) is 11.3 Å². The van der Waals surface area contributed by atoms with Gasteiger partial charge in [0, 0.05) is 6.54 Å². The lowest BCUT2D eigenvalue weighted by Crippen LogP contribution is -2.47. The maximum absolute atomic E-state index is 12.7. The van der Waals surface area contributed by atoms with E-state index in [0.29, 0.717) is 13.0 Å². The minimum Gasteiger partial charge on any atom is -0.465 e. The van der Waals surface area contributed by atoms with Crippen LogP contribution in [-0.4, -0.2) is 49.1 Å². The summed E-state index contributed by atoms with van der Waals surface area (Å²) in [5.74, 6) is -2.45. The fourth-order valence-electron chi connectivity index (χ4n) is 2.29. The van der Waals surface area contributed by atoms with Crippen LogP contribution in [0.3, 0.4) is 0 Å². The first kappa shape index (κ1) is 17.9. The summed E-state index contributed by atoms with van der Waals surface area (Å²) in [6.45, 7) is 4.78. The van der Waals surface area contributed by atoms with Crippen LogP contribution in [0.1, 0.15) is 33.6 Å². The van der Waals surface area contributed by atoms with E-state index < -0.39 is 29.3 Å². The Balaban J connectivity index is 2.64. The Morgan fingerprint density at radius 1 is 1.29 bits per heavy atom. The number of halogens is 3. The van der Waals surface area contributed by atoms with Crippen molar-refractivity contribution in [3.8, 4) is 0 Å². The second-order valence-electron chi connectivity index (χ2n) is 5.88. The van der Waals surface area contributed by atoms with Gasteiger partial charge in [-0.05, 0) is 40.2 Å². The Labute approximate surface area is 122 Å². The van der Waals surface area contributed by atoms with E-state index in [0.717, 1.165) is 0 Å². The Bertz CT molecular complexity index is 393. The van der Waals surface area contributed by atoms with Gasteiger partial charge in [-0.15, -0.1) is 0 Å². The Morgan fingerprint density at radius 3 is 2.43 bits per heavy atom. The number of ketones is 1. The van der Waals surface area contributed by atoms with Gasteiger partial charge in [-0.2, -0.15) is 13.2 Å². The van der Waals surface area contributed by atoms with Crippen molar-refractivity contribution >= 4 is 11.8 Å². The lowest BCUT2D eigenvalue weighted by atomic mass is 9.87. The molecule has 0 aromatic heterocycles. The molecule has 21 heavy (non-hydrogen) atoms. The fraction of sp³-hybridized carbons (Fsp3) is 0.857. The highest BCUT2D eigenvalue weighted by Crippen LogP contribution is 2.33. The van der Waals surface area contributed by atoms with E-state index in [-0.39, 0.29) is 26.1 Å². The number of hydrogen-bond donors (Lipinski definition) is 0. The van der Waals surface area contributed by atoms with E-state index in [1.165, 1.54) is 18.7 Å². The number of piperidine rings is 1. The highest BCUT2D eigenvalue weighted by atomic mass is 19.4. The number of carbonyl (C=O) groups is 2. The minimum atomic E-state index is -4.24. The molecule has 0 radical (unpaired) electrons. The number of rotatable bonds is 5. The average Bonchev–Trinajstić information content (AvgIpc) is 2.38. The number of hydrogen-bond acceptors (Lipinski definition) is 4. The molecule has 0 amide bonds. The van der Waals surface area contributed by atoms with Crippen LogP contribution < -0.4 is 0 Å². The quantitative estimate of drug-likeness (QED) is 0.578. The van der Waals surface area contributed by atoms with Gasteiger partial charge in [0.25, 0.3) is 0 Å². The standard InChI is InChI=1S/C14H22F3NO3/c1-4-21-12(20)13(2,3)11(19)9-18-7-5-6-10(8-18)14(15,16)17/h10H,4-9H2,1-3H3. The zero-order chi connectivity index (χ0) is 16.3. The first-order valence-corrected chi connectivity index (χ1v) is 7.08. The number of likely N-dealkylation sites (tertiary alicyclic amines) is 1. The fourth-order valence-corrected chi connectivity index (χ4v) is 2.29. The summed E-state index contributed by atoms with van der Waals surface area (Å²) in [6, 6.07) is 0. The van der Waals surface area contributed by atoms with Crippen LogP contribution in [0.5, 0.6) is 0 Å². The molecule has 0 aromatic rings. The molecule has 1 aliphatic heterocycles. The van der Waals surface area contributed by atoms with Gasteiger partial charge in [0.2, 0.25) is 0 Å². The molecule has 1 atom stereocenters. The first-order valence-electron chi connectivity index (χ1n) is 7.08. The summed E-state index contributed by atoms with van der Waals surface area (Å²) in [6.07, 6.45) is -3.74. The summed E-state index contributed by atoms with van der Waals surface area (Å²) in [5.41, 5.74) is -1.33. The number of carbonyl (C=O) groups excluding carboxylic acids is 2. The van der Waals surface area contributed by atoms with Gasteiger partial charge in [0.15, 0.2) is 5.78 Å². The summed E-state index contributed by atoms with van der Waals surface area (Å²) in [5, 5.41) is 0. The van der Waals surface area contributed by atoms with Crippen LogP contribution >= 0.6 is 0 Å². The van der Waals surface area contributed by atoms with E-state index in [4.69, 9.17) is 4.74 Å². The largest absolute Gasteiger partial charge is 0.465 e. The van der Waals surface area contributed by atoms with Crippen LogP contribution in [0, 0.1) is 11.3 Å². The minimum absolute atomic E-state index is 0.0927. The van der Waals surface area contributed by atoms with Gasteiger partial charge in [0.05, 0.1) is 19.1 Å². The number of ether oxygens (including phenoxy) is 1. The molecule has 1 heterocycles. The second-order valence-corrected chi connectivity index (χ2v) is 5.88. The van der Waals surface area contributed by atoms with E-state index in [1.54, 1.807) is 6.92 Å². The molecule has 0 N–H and O–H groups in total. The zero-order valence-corrected chi connectivity index (χ0v) is 12.6. The maximum atomic E-state index is 12.7. The van der Waals surface area contributed by atoms with Crippen molar-refractivity contribution in [2.75, 3.05) is 26.2 Å². The maximum Gasteiger partial charge on any atom is 0.393 e. The molecule has 0 saturated carbocycles. The van der Waals surface area contributed by atoms with Crippen molar-refractivity contribution < 1.29 is 27.5 Å². The summed E-state index contributed by atoms with van der Waals surface area (Å²) < 4.78 is 43.0. The van der Waals surface area contributed by atoms with Crippen molar-refractivity contribution in [2.45, 2.75) is 39.8 Å². The van der Waals surface area contributed by atoms with Crippen molar-refractivity contribution in [3.05, 3.63) is 0 Å². The lowest BCUT2D eigenvalue weighted by Gasteiger charge is -2.34. The molecule has 122 valence electrons. The Morgan fingerprint density at radius 2 is 1.90 bits per heavy atom. The summed E-state index contributed by atoms with van der Waals surface area (Å²) >= 11 is 0. The van der Waals surface area contributed by atoms with Gasteiger partial charge >= 0.3 is 12.1 Å². The van der Waals surface area contributed by atoms with E-state index >= 15 is 0 Å². The normalized spacial score (nSPS) is 21.1. The lowest BCUT2D eigenvalue weighted by molar-refractivity contribution is -0.187. The number of nitrogens with zero attached hydrogens (tertiary/aromatic N) is 1. The second kappa shape index (κ2) is 6.77. The van der Waals surface area contributed by atoms with Gasteiger partial charge < -0.3 is 4.74 Å². The van der Waals surface area contributed by atoms with E-state index in [9.17, 15) is 22.8 Å². The van der Waals surface area contributed by atoms with E-state index in [2.05, 4.69) is 0 Å². The molecule has 4 nitrogen and oxygen atoms in total. The monoisotopic (exact) mass is 309 g/mol. The highest BCUT2D eigenvalue weighted by molar-refractivity contribution is 6.03. The first-order chi connectivity index (χ1) is 9.59. The third kappa shape index (κ3) is 4.69. The number of esters is 1. The molecule has 0 aliphatic carbocycles. The third-order valence-corrected chi connectivity index (χ3v) is 3.82. The van der Waals surface area contributed by atoms with Crippen molar-refractivity contribution in [1.29, 1.82) is 0 Å². The van der Waals surface area contributed by atoms with Crippen LogP contribution in [0.2, 0.25) is 0 Å². The van der Waals surface area contributed by atoms with Gasteiger partial charge in [0.1, 0.15) is 5.41 Å². The Hall–Kier alpha value is -1.11. The molecule has 1 saturated heterocycles. The summed E-state index contributed by atoms with van der Waals surface area (Å²) in [7, 11) is 0. The smallest absolute Gasteiger partial charge is 0.393 e. The van der Waals surface area contributed by atoms with Gasteiger partial charge in [-0.1, -0.05) is 0 Å². The molecular weight excluding hydrogens is 287 g/mol. The molecule has 0 spiro atoms. The van der Waals surface area contributed by atoms with Gasteiger partial charge in [-0.25, -0.2) is 0 Å². The molecule has 7 heteroatoms. The molecule has 0 aromatic carbocycles. The van der Waals surface area contributed by atoms with Crippen molar-refractivity contribution in [3.63, 3.8) is 0 Å². The molecule has 0 bridgehead atoms. The van der Waals surface area contributed by atoms with Crippen LogP contribution in [0.25, 0.3) is 0 Å². The number of alkyl halides is 3. The molecule has 1 unspecified atom stereocenters. The van der Waals surface area contributed by atoms with Gasteiger partial charge in [-0.3, -0.25) is 14.5 Å². The third-order valence-electron chi connectivity index (χ3n) is 3.82. The molecule has 1 rings (SSSR count). The zero-order valence-electron chi connectivity index (χ0n) is 12.6. The summed E-state index contributed by atoms with van der Waals surface area (Å²) in [4.78, 5) is 25.4. The number of Topliss-reactive ketones (excluding diaryl/α,β-unsaturated/α-hetero) is 1. The van der Waals surface area contributed by atoms with E-state index in [1.807, 2.05) is 0 Å². The predicted molar refractivity (Wildman–Crippen MR) is 70.6 cm³/mol.